The normalized spacial score (nSPS) is 10.9. The highest BCUT2D eigenvalue weighted by Crippen LogP contribution is 2.40. The number of rotatable bonds is 8. The summed E-state index contributed by atoms with van der Waals surface area (Å²) in [7, 11) is 4.67. The van der Waals surface area contributed by atoms with Crippen LogP contribution in [0.15, 0.2) is 41.5 Å². The number of aromatic amines is 1. The minimum Gasteiger partial charge on any atom is -0.494 e. The van der Waals surface area contributed by atoms with Gasteiger partial charge in [-0.15, -0.1) is 0 Å². The van der Waals surface area contributed by atoms with E-state index in [1.807, 2.05) is 31.2 Å². The monoisotopic (exact) mass is 414 g/mol. The van der Waals surface area contributed by atoms with Gasteiger partial charge < -0.3 is 18.9 Å². The summed E-state index contributed by atoms with van der Waals surface area (Å²) >= 11 is 5.34. The molecule has 1 N–H and O–H groups in total. The molecule has 1 heterocycles. The molecule has 3 aromatic rings. The Morgan fingerprint density at radius 2 is 1.72 bits per heavy atom. The summed E-state index contributed by atoms with van der Waals surface area (Å²) in [5.41, 5.74) is 1.60. The number of aromatic nitrogens is 3. The van der Waals surface area contributed by atoms with Crippen LogP contribution in [0.2, 0.25) is 0 Å². The Bertz CT molecular complexity index is 1030. The van der Waals surface area contributed by atoms with Crippen molar-refractivity contribution >= 4 is 18.4 Å². The van der Waals surface area contributed by atoms with Crippen LogP contribution in [-0.4, -0.2) is 49.0 Å². The van der Waals surface area contributed by atoms with E-state index in [1.165, 1.54) is 4.68 Å². The second-order valence-electron chi connectivity index (χ2n) is 5.82. The first-order chi connectivity index (χ1) is 14.1. The fourth-order valence-corrected chi connectivity index (χ4v) is 2.92. The van der Waals surface area contributed by atoms with Gasteiger partial charge in [0.1, 0.15) is 5.75 Å². The molecular formula is C20H22N4O4S. The SMILES string of the molecule is CCOc1ccc(C=Nn2c(-c3cc(OC)c(OC)c(OC)c3)n[nH]c2=S)cc1. The molecule has 0 aliphatic carbocycles. The van der Waals surface area contributed by atoms with Gasteiger partial charge in [0.05, 0.1) is 34.2 Å². The van der Waals surface area contributed by atoms with Gasteiger partial charge in [0, 0.05) is 5.56 Å². The lowest BCUT2D eigenvalue weighted by Gasteiger charge is -2.13. The third kappa shape index (κ3) is 4.40. The van der Waals surface area contributed by atoms with Crippen LogP contribution in [0.25, 0.3) is 11.4 Å². The highest BCUT2D eigenvalue weighted by atomic mass is 32.1. The van der Waals surface area contributed by atoms with Crippen LogP contribution in [0.3, 0.4) is 0 Å². The van der Waals surface area contributed by atoms with E-state index in [0.29, 0.717) is 40.0 Å². The van der Waals surface area contributed by atoms with Crippen LogP contribution in [0.1, 0.15) is 12.5 Å². The Hall–Kier alpha value is -3.33. The van der Waals surface area contributed by atoms with Crippen molar-refractivity contribution in [1.82, 2.24) is 14.9 Å². The third-order valence-corrected chi connectivity index (χ3v) is 4.35. The number of ether oxygens (including phenoxy) is 4. The van der Waals surface area contributed by atoms with Crippen molar-refractivity contribution in [3.63, 3.8) is 0 Å². The lowest BCUT2D eigenvalue weighted by molar-refractivity contribution is 0.324. The molecule has 0 amide bonds. The third-order valence-electron chi connectivity index (χ3n) is 4.09. The predicted octanol–water partition coefficient (Wildman–Crippen LogP) is 3.91. The van der Waals surface area contributed by atoms with Gasteiger partial charge in [-0.25, -0.2) is 5.10 Å². The van der Waals surface area contributed by atoms with Crippen molar-refractivity contribution in [2.75, 3.05) is 27.9 Å². The van der Waals surface area contributed by atoms with Crippen LogP contribution >= 0.6 is 12.2 Å². The highest BCUT2D eigenvalue weighted by molar-refractivity contribution is 7.71. The zero-order valence-corrected chi connectivity index (χ0v) is 17.4. The summed E-state index contributed by atoms with van der Waals surface area (Å²) in [4.78, 5) is 0. The second-order valence-corrected chi connectivity index (χ2v) is 6.21. The van der Waals surface area contributed by atoms with Crippen molar-refractivity contribution < 1.29 is 18.9 Å². The number of nitrogens with one attached hydrogen (secondary N) is 1. The smallest absolute Gasteiger partial charge is 0.216 e. The zero-order valence-electron chi connectivity index (χ0n) is 16.6. The van der Waals surface area contributed by atoms with E-state index in [0.717, 1.165) is 11.3 Å². The summed E-state index contributed by atoms with van der Waals surface area (Å²) in [5, 5.41) is 11.6. The molecule has 29 heavy (non-hydrogen) atoms. The van der Waals surface area contributed by atoms with Crippen molar-refractivity contribution in [3.8, 4) is 34.4 Å². The van der Waals surface area contributed by atoms with Crippen molar-refractivity contribution in [2.45, 2.75) is 6.92 Å². The fourth-order valence-electron chi connectivity index (χ4n) is 2.74. The standard InChI is InChI=1S/C20H22N4O4S/c1-5-28-15-8-6-13(7-9-15)12-21-24-19(22-23-20(24)29)14-10-16(25-2)18(27-4)17(11-14)26-3/h6-12H,5H2,1-4H3,(H,23,29). The molecule has 0 aliphatic heterocycles. The number of hydrogen-bond acceptors (Lipinski definition) is 7. The molecule has 0 atom stereocenters. The van der Waals surface area contributed by atoms with Gasteiger partial charge in [-0.05, 0) is 61.1 Å². The summed E-state index contributed by atoms with van der Waals surface area (Å²) in [6, 6.07) is 11.2. The van der Waals surface area contributed by atoms with E-state index in [4.69, 9.17) is 31.2 Å². The number of nitrogens with zero attached hydrogens (tertiary/aromatic N) is 3. The largest absolute Gasteiger partial charge is 0.494 e. The minimum absolute atomic E-state index is 0.357. The second kappa shape index (κ2) is 9.24. The van der Waals surface area contributed by atoms with E-state index < -0.39 is 0 Å². The highest BCUT2D eigenvalue weighted by Gasteiger charge is 2.17. The van der Waals surface area contributed by atoms with E-state index in [-0.39, 0.29) is 0 Å². The van der Waals surface area contributed by atoms with Crippen LogP contribution in [-0.2, 0) is 0 Å². The van der Waals surface area contributed by atoms with Gasteiger partial charge in [0.25, 0.3) is 0 Å². The molecule has 0 saturated carbocycles. The number of benzene rings is 2. The van der Waals surface area contributed by atoms with E-state index in [1.54, 1.807) is 39.7 Å². The number of H-pyrrole nitrogens is 1. The average molecular weight is 414 g/mol. The Morgan fingerprint density at radius 3 is 2.28 bits per heavy atom. The Balaban J connectivity index is 1.99. The van der Waals surface area contributed by atoms with Crippen molar-refractivity contribution in [2.24, 2.45) is 5.10 Å². The first-order valence-electron chi connectivity index (χ1n) is 8.86. The molecule has 0 unspecified atom stereocenters. The van der Waals surface area contributed by atoms with Crippen LogP contribution in [0, 0.1) is 4.77 Å². The van der Waals surface area contributed by atoms with E-state index in [9.17, 15) is 0 Å². The van der Waals surface area contributed by atoms with Crippen LogP contribution in [0.4, 0.5) is 0 Å². The first kappa shape index (κ1) is 20.4. The quantitative estimate of drug-likeness (QED) is 0.444. The summed E-state index contributed by atoms with van der Waals surface area (Å²) < 4.78 is 23.6. The Labute approximate surface area is 173 Å². The van der Waals surface area contributed by atoms with Crippen LogP contribution in [0.5, 0.6) is 23.0 Å². The molecule has 0 spiro atoms. The van der Waals surface area contributed by atoms with Gasteiger partial charge in [0.2, 0.25) is 10.5 Å². The molecule has 8 nitrogen and oxygen atoms in total. The van der Waals surface area contributed by atoms with E-state index in [2.05, 4.69) is 15.3 Å². The fraction of sp³-hybridized carbons (Fsp3) is 0.250. The molecule has 0 radical (unpaired) electrons. The average Bonchev–Trinajstić information content (AvgIpc) is 3.12. The number of hydrogen-bond donors (Lipinski definition) is 1. The van der Waals surface area contributed by atoms with Crippen LogP contribution < -0.4 is 18.9 Å². The maximum atomic E-state index is 5.45. The Kier molecular flexibility index (Phi) is 6.50. The minimum atomic E-state index is 0.357. The van der Waals surface area contributed by atoms with Crippen molar-refractivity contribution in [1.29, 1.82) is 0 Å². The maximum absolute atomic E-state index is 5.45. The number of methoxy groups -OCH3 is 3. The summed E-state index contributed by atoms with van der Waals surface area (Å²) in [6.07, 6.45) is 1.70. The lowest BCUT2D eigenvalue weighted by atomic mass is 10.1. The van der Waals surface area contributed by atoms with Gasteiger partial charge >= 0.3 is 0 Å². The molecule has 0 aliphatic rings. The van der Waals surface area contributed by atoms with E-state index >= 15 is 0 Å². The van der Waals surface area contributed by atoms with Crippen molar-refractivity contribution in [3.05, 3.63) is 46.7 Å². The zero-order chi connectivity index (χ0) is 20.8. The van der Waals surface area contributed by atoms with Gasteiger partial charge in [-0.3, -0.25) is 0 Å². The van der Waals surface area contributed by atoms with Gasteiger partial charge in [-0.1, -0.05) is 0 Å². The molecular weight excluding hydrogens is 392 g/mol. The maximum Gasteiger partial charge on any atom is 0.216 e. The molecule has 0 bridgehead atoms. The molecule has 152 valence electrons. The lowest BCUT2D eigenvalue weighted by Crippen LogP contribution is -1.99. The van der Waals surface area contributed by atoms with Gasteiger partial charge in [0.15, 0.2) is 17.3 Å². The Morgan fingerprint density at radius 1 is 1.07 bits per heavy atom. The molecule has 9 heteroatoms. The molecule has 0 saturated heterocycles. The summed E-state index contributed by atoms with van der Waals surface area (Å²) in [6.45, 7) is 2.57. The first-order valence-corrected chi connectivity index (χ1v) is 9.27. The summed E-state index contributed by atoms with van der Waals surface area (Å²) in [5.74, 6) is 2.84. The topological polar surface area (TPSA) is 82.9 Å². The molecule has 0 fully saturated rings. The molecule has 1 aromatic heterocycles. The van der Waals surface area contributed by atoms with Gasteiger partial charge in [-0.2, -0.15) is 14.9 Å². The molecule has 2 aromatic carbocycles. The predicted molar refractivity (Wildman–Crippen MR) is 113 cm³/mol. The molecule has 3 rings (SSSR count).